The molecular weight excluding hydrogens is 238 g/mol. The Morgan fingerprint density at radius 2 is 2.06 bits per heavy atom. The molecule has 1 N–H and O–H groups in total. The van der Waals surface area contributed by atoms with Crippen molar-refractivity contribution in [3.05, 3.63) is 12.4 Å². The number of aromatic nitrogens is 2. The fourth-order valence-electron chi connectivity index (χ4n) is 1.29. The van der Waals surface area contributed by atoms with Gasteiger partial charge < -0.3 is 9.88 Å². The van der Waals surface area contributed by atoms with Gasteiger partial charge in [-0.1, -0.05) is 0 Å². The van der Waals surface area contributed by atoms with Crippen LogP contribution < -0.4 is 5.32 Å². The molecule has 98 valence electrons. The Balaban J connectivity index is 2.78. The van der Waals surface area contributed by atoms with E-state index in [9.17, 15) is 8.42 Å². The van der Waals surface area contributed by atoms with Crippen LogP contribution in [0.1, 0.15) is 33.7 Å². The van der Waals surface area contributed by atoms with Gasteiger partial charge in [0.15, 0.2) is 9.84 Å². The molecule has 0 saturated carbocycles. The third-order valence-electron chi connectivity index (χ3n) is 2.90. The molecule has 1 aromatic rings. The highest BCUT2D eigenvalue weighted by Gasteiger charge is 2.30. The summed E-state index contributed by atoms with van der Waals surface area (Å²) < 4.78 is 24.3. The van der Waals surface area contributed by atoms with Gasteiger partial charge in [-0.15, -0.1) is 0 Å². The average molecular weight is 259 g/mol. The molecule has 0 spiro atoms. The molecular formula is C11H21N3O2S. The smallest absolute Gasteiger partial charge is 0.203 e. The Bertz CT molecular complexity index is 475. The first-order valence-electron chi connectivity index (χ1n) is 5.61. The maximum absolute atomic E-state index is 11.6. The van der Waals surface area contributed by atoms with Gasteiger partial charge in [0.1, 0.15) is 0 Å². The Labute approximate surface area is 103 Å². The quantitative estimate of drug-likeness (QED) is 0.874. The van der Waals surface area contributed by atoms with E-state index < -0.39 is 14.6 Å². The number of nitrogens with one attached hydrogen (secondary N) is 1. The number of imidazole rings is 1. The highest BCUT2D eigenvalue weighted by molar-refractivity contribution is 7.92. The van der Waals surface area contributed by atoms with Crippen molar-refractivity contribution in [2.45, 2.75) is 38.5 Å². The Morgan fingerprint density at radius 3 is 2.53 bits per heavy atom. The molecule has 1 rings (SSSR count). The number of hydrogen-bond acceptors (Lipinski definition) is 4. The Kier molecular flexibility index (Phi) is 3.86. The number of rotatable bonds is 5. The monoisotopic (exact) mass is 259 g/mol. The van der Waals surface area contributed by atoms with Crippen LogP contribution in [-0.2, 0) is 9.84 Å². The Hall–Kier alpha value is -1.04. The zero-order valence-electron chi connectivity index (χ0n) is 11.1. The molecule has 0 atom stereocenters. The molecule has 17 heavy (non-hydrogen) atoms. The van der Waals surface area contributed by atoms with Crippen LogP contribution in [0.4, 0.5) is 5.95 Å². The standard InChI is InChI=1S/C11H21N3O2S/c1-9(2)14-7-6-12-10(14)13-8-11(3,4)17(5,15)16/h6-7,9H,8H2,1-5H3,(H,12,13). The second-order valence-electron chi connectivity index (χ2n) is 5.14. The van der Waals surface area contributed by atoms with Crippen molar-refractivity contribution in [3.63, 3.8) is 0 Å². The van der Waals surface area contributed by atoms with E-state index in [4.69, 9.17) is 0 Å². The molecule has 1 aromatic heterocycles. The lowest BCUT2D eigenvalue weighted by atomic mass is 10.2. The first kappa shape index (κ1) is 14.0. The predicted octanol–water partition coefficient (Wildman–Crippen LogP) is 1.70. The second kappa shape index (κ2) is 4.68. The molecule has 0 amide bonds. The minimum absolute atomic E-state index is 0.293. The minimum Gasteiger partial charge on any atom is -0.354 e. The molecule has 0 unspecified atom stereocenters. The molecule has 0 bridgehead atoms. The molecule has 0 aliphatic rings. The van der Waals surface area contributed by atoms with Crippen molar-refractivity contribution in [1.29, 1.82) is 0 Å². The summed E-state index contributed by atoms with van der Waals surface area (Å²) in [6.07, 6.45) is 4.83. The fraction of sp³-hybridized carbons (Fsp3) is 0.727. The maximum Gasteiger partial charge on any atom is 0.203 e. The van der Waals surface area contributed by atoms with Crippen LogP contribution in [0, 0.1) is 0 Å². The molecule has 0 aromatic carbocycles. The molecule has 0 aliphatic carbocycles. The molecule has 0 aliphatic heterocycles. The van der Waals surface area contributed by atoms with Crippen molar-refractivity contribution >= 4 is 15.8 Å². The summed E-state index contributed by atoms with van der Waals surface area (Å²) in [6.45, 7) is 7.86. The normalized spacial score (nSPS) is 13.1. The van der Waals surface area contributed by atoms with Crippen LogP contribution in [0.5, 0.6) is 0 Å². The van der Waals surface area contributed by atoms with Crippen molar-refractivity contribution in [1.82, 2.24) is 9.55 Å². The zero-order valence-corrected chi connectivity index (χ0v) is 11.9. The van der Waals surface area contributed by atoms with Gasteiger partial charge in [0.2, 0.25) is 5.95 Å². The number of nitrogens with zero attached hydrogens (tertiary/aromatic N) is 2. The maximum atomic E-state index is 11.6. The molecule has 1 heterocycles. The topological polar surface area (TPSA) is 64.0 Å². The SMILES string of the molecule is CC(C)n1ccnc1NCC(C)(C)S(C)(=O)=O. The lowest BCUT2D eigenvalue weighted by Gasteiger charge is -2.23. The van der Waals surface area contributed by atoms with E-state index in [1.165, 1.54) is 6.26 Å². The highest BCUT2D eigenvalue weighted by Crippen LogP contribution is 2.18. The summed E-state index contributed by atoms with van der Waals surface area (Å²) in [6, 6.07) is 0.293. The first-order chi connectivity index (χ1) is 7.65. The van der Waals surface area contributed by atoms with Gasteiger partial charge in [-0.3, -0.25) is 0 Å². The van der Waals surface area contributed by atoms with Gasteiger partial charge in [-0.25, -0.2) is 13.4 Å². The van der Waals surface area contributed by atoms with Gasteiger partial charge in [0, 0.05) is 31.2 Å². The molecule has 0 fully saturated rings. The lowest BCUT2D eigenvalue weighted by molar-refractivity contribution is 0.556. The van der Waals surface area contributed by atoms with Crippen molar-refractivity contribution < 1.29 is 8.42 Å². The van der Waals surface area contributed by atoms with Crippen molar-refractivity contribution in [2.75, 3.05) is 18.1 Å². The zero-order chi connectivity index (χ0) is 13.3. The first-order valence-corrected chi connectivity index (χ1v) is 7.50. The summed E-state index contributed by atoms with van der Waals surface area (Å²) in [5.74, 6) is 0.705. The van der Waals surface area contributed by atoms with E-state index in [1.54, 1.807) is 20.0 Å². The predicted molar refractivity (Wildman–Crippen MR) is 70.0 cm³/mol. The van der Waals surface area contributed by atoms with Crippen LogP contribution in [0.3, 0.4) is 0 Å². The number of anilines is 1. The van der Waals surface area contributed by atoms with Crippen molar-refractivity contribution in [3.8, 4) is 0 Å². The van der Waals surface area contributed by atoms with Gasteiger partial charge >= 0.3 is 0 Å². The summed E-state index contributed by atoms with van der Waals surface area (Å²) in [5.41, 5.74) is 0. The summed E-state index contributed by atoms with van der Waals surface area (Å²) in [5, 5.41) is 3.09. The third-order valence-corrected chi connectivity index (χ3v) is 5.05. The van der Waals surface area contributed by atoms with Crippen LogP contribution in [0.2, 0.25) is 0 Å². The Morgan fingerprint density at radius 1 is 1.47 bits per heavy atom. The van der Waals surface area contributed by atoms with E-state index in [2.05, 4.69) is 24.1 Å². The third kappa shape index (κ3) is 3.21. The van der Waals surface area contributed by atoms with E-state index in [0.29, 0.717) is 18.5 Å². The lowest BCUT2D eigenvalue weighted by Crippen LogP contribution is -2.38. The van der Waals surface area contributed by atoms with Crippen LogP contribution >= 0.6 is 0 Å². The molecule has 0 radical (unpaired) electrons. The van der Waals surface area contributed by atoms with E-state index in [1.807, 2.05) is 10.8 Å². The summed E-state index contributed by atoms with van der Waals surface area (Å²) >= 11 is 0. The van der Waals surface area contributed by atoms with Crippen molar-refractivity contribution in [2.24, 2.45) is 0 Å². The molecule has 5 nitrogen and oxygen atoms in total. The van der Waals surface area contributed by atoms with Crippen LogP contribution in [0.15, 0.2) is 12.4 Å². The van der Waals surface area contributed by atoms with E-state index in [0.717, 1.165) is 0 Å². The second-order valence-corrected chi connectivity index (χ2v) is 7.79. The highest BCUT2D eigenvalue weighted by atomic mass is 32.2. The van der Waals surface area contributed by atoms with Gasteiger partial charge in [-0.05, 0) is 27.7 Å². The van der Waals surface area contributed by atoms with E-state index >= 15 is 0 Å². The van der Waals surface area contributed by atoms with Gasteiger partial charge in [0.05, 0.1) is 4.75 Å². The average Bonchev–Trinajstić information content (AvgIpc) is 2.60. The van der Waals surface area contributed by atoms with E-state index in [-0.39, 0.29) is 0 Å². The summed E-state index contributed by atoms with van der Waals surface area (Å²) in [7, 11) is -3.09. The van der Waals surface area contributed by atoms with Crippen LogP contribution in [0.25, 0.3) is 0 Å². The summed E-state index contributed by atoms with van der Waals surface area (Å²) in [4.78, 5) is 4.18. The number of hydrogen-bond donors (Lipinski definition) is 1. The molecule has 0 saturated heterocycles. The largest absolute Gasteiger partial charge is 0.354 e. The van der Waals surface area contributed by atoms with Gasteiger partial charge in [-0.2, -0.15) is 0 Å². The fourth-order valence-corrected chi connectivity index (χ4v) is 1.62. The molecule has 6 heteroatoms. The van der Waals surface area contributed by atoms with Crippen LogP contribution in [-0.4, -0.2) is 35.5 Å². The van der Waals surface area contributed by atoms with Gasteiger partial charge in [0.25, 0.3) is 0 Å². The number of sulfone groups is 1. The minimum atomic E-state index is -3.09.